The number of para-hydroxylation sites is 1. The molecule has 0 aliphatic carbocycles. The molecule has 3 heteroatoms. The summed E-state index contributed by atoms with van der Waals surface area (Å²) in [7, 11) is 0. The van der Waals surface area contributed by atoms with Gasteiger partial charge in [0.15, 0.2) is 5.75 Å². The van der Waals surface area contributed by atoms with Gasteiger partial charge >= 0.3 is 0 Å². The van der Waals surface area contributed by atoms with Crippen LogP contribution < -0.4 is 10.5 Å². The van der Waals surface area contributed by atoms with Crippen molar-refractivity contribution in [3.63, 3.8) is 0 Å². The van der Waals surface area contributed by atoms with Gasteiger partial charge in [0, 0.05) is 0 Å². The minimum Gasteiger partial charge on any atom is -0.455 e. The van der Waals surface area contributed by atoms with E-state index in [9.17, 15) is 4.39 Å². The first-order valence-corrected chi connectivity index (χ1v) is 5.79. The van der Waals surface area contributed by atoms with Crippen molar-refractivity contribution in [3.05, 3.63) is 52.8 Å². The standard InChI is InChI=1S/C15H16FNO/c1-9-7-8-10(2)15(11(9)3)18-13-6-4-5-12(16)14(13)17/h4-8H,17H2,1-3H3. The minimum atomic E-state index is -0.463. The number of nitrogens with two attached hydrogens (primary N) is 1. The highest BCUT2D eigenvalue weighted by atomic mass is 19.1. The van der Waals surface area contributed by atoms with Crippen molar-refractivity contribution in [3.8, 4) is 11.5 Å². The van der Waals surface area contributed by atoms with Crippen LogP contribution in [0.2, 0.25) is 0 Å². The molecule has 0 spiro atoms. The van der Waals surface area contributed by atoms with Crippen LogP contribution in [0.15, 0.2) is 30.3 Å². The Labute approximate surface area is 106 Å². The second-order valence-electron chi connectivity index (χ2n) is 4.41. The van der Waals surface area contributed by atoms with Gasteiger partial charge in [-0.2, -0.15) is 0 Å². The highest BCUT2D eigenvalue weighted by Gasteiger charge is 2.11. The summed E-state index contributed by atoms with van der Waals surface area (Å²) in [6.07, 6.45) is 0. The smallest absolute Gasteiger partial charge is 0.153 e. The molecule has 0 saturated carbocycles. The third-order valence-electron chi connectivity index (χ3n) is 3.10. The fourth-order valence-electron chi connectivity index (χ4n) is 1.80. The lowest BCUT2D eigenvalue weighted by molar-refractivity contribution is 0.472. The van der Waals surface area contributed by atoms with Crippen molar-refractivity contribution in [2.75, 3.05) is 5.73 Å². The van der Waals surface area contributed by atoms with Crippen LogP contribution in [0.4, 0.5) is 10.1 Å². The third-order valence-corrected chi connectivity index (χ3v) is 3.10. The highest BCUT2D eigenvalue weighted by molar-refractivity contribution is 5.56. The summed E-state index contributed by atoms with van der Waals surface area (Å²) in [5, 5.41) is 0. The number of hydrogen-bond acceptors (Lipinski definition) is 2. The zero-order chi connectivity index (χ0) is 13.3. The van der Waals surface area contributed by atoms with E-state index >= 15 is 0 Å². The maximum absolute atomic E-state index is 13.4. The summed E-state index contributed by atoms with van der Waals surface area (Å²) in [6.45, 7) is 5.95. The van der Waals surface area contributed by atoms with Crippen LogP contribution in [0.3, 0.4) is 0 Å². The van der Waals surface area contributed by atoms with E-state index in [-0.39, 0.29) is 5.69 Å². The van der Waals surface area contributed by atoms with Crippen molar-refractivity contribution in [1.29, 1.82) is 0 Å². The van der Waals surface area contributed by atoms with Crippen molar-refractivity contribution in [2.24, 2.45) is 0 Å². The van der Waals surface area contributed by atoms with E-state index < -0.39 is 5.82 Å². The SMILES string of the molecule is Cc1ccc(C)c(Oc2cccc(F)c2N)c1C. The van der Waals surface area contributed by atoms with Gasteiger partial charge in [-0.05, 0) is 49.6 Å². The predicted molar refractivity (Wildman–Crippen MR) is 71.5 cm³/mol. The Kier molecular flexibility index (Phi) is 3.24. The summed E-state index contributed by atoms with van der Waals surface area (Å²) in [5.74, 6) is 0.634. The van der Waals surface area contributed by atoms with Crippen molar-refractivity contribution in [2.45, 2.75) is 20.8 Å². The van der Waals surface area contributed by atoms with E-state index in [1.165, 1.54) is 6.07 Å². The molecule has 2 rings (SSSR count). The monoisotopic (exact) mass is 245 g/mol. The summed E-state index contributed by atoms with van der Waals surface area (Å²) < 4.78 is 19.1. The van der Waals surface area contributed by atoms with Gasteiger partial charge in [0.25, 0.3) is 0 Å². The summed E-state index contributed by atoms with van der Waals surface area (Å²) >= 11 is 0. The van der Waals surface area contributed by atoms with Gasteiger partial charge < -0.3 is 10.5 Å². The predicted octanol–water partition coefficient (Wildman–Crippen LogP) is 4.13. The Morgan fingerprint density at radius 1 is 1.00 bits per heavy atom. The fourth-order valence-corrected chi connectivity index (χ4v) is 1.80. The number of halogens is 1. The second kappa shape index (κ2) is 4.69. The van der Waals surface area contributed by atoms with E-state index in [0.29, 0.717) is 5.75 Å². The van der Waals surface area contributed by atoms with E-state index in [1.54, 1.807) is 12.1 Å². The number of hydrogen-bond donors (Lipinski definition) is 1. The van der Waals surface area contributed by atoms with Crippen LogP contribution in [-0.2, 0) is 0 Å². The average molecular weight is 245 g/mol. The van der Waals surface area contributed by atoms with E-state index in [0.717, 1.165) is 22.4 Å². The quantitative estimate of drug-likeness (QED) is 0.807. The molecule has 2 aromatic rings. The molecule has 0 aromatic heterocycles. The van der Waals surface area contributed by atoms with Gasteiger partial charge in [-0.3, -0.25) is 0 Å². The van der Waals surface area contributed by atoms with Crippen LogP contribution in [0.5, 0.6) is 11.5 Å². The molecule has 94 valence electrons. The number of anilines is 1. The van der Waals surface area contributed by atoms with Crippen molar-refractivity contribution in [1.82, 2.24) is 0 Å². The number of aryl methyl sites for hydroxylation is 2. The Balaban J connectivity index is 2.46. The molecule has 0 aliphatic rings. The Bertz CT molecular complexity index is 593. The van der Waals surface area contributed by atoms with Gasteiger partial charge in [0.2, 0.25) is 0 Å². The molecular formula is C15H16FNO. The molecule has 0 unspecified atom stereocenters. The molecule has 0 atom stereocenters. The molecule has 2 N–H and O–H groups in total. The van der Waals surface area contributed by atoms with Gasteiger partial charge in [0.1, 0.15) is 17.3 Å². The lowest BCUT2D eigenvalue weighted by Gasteiger charge is -2.15. The van der Waals surface area contributed by atoms with E-state index in [4.69, 9.17) is 10.5 Å². The topological polar surface area (TPSA) is 35.2 Å². The maximum Gasteiger partial charge on any atom is 0.153 e. The lowest BCUT2D eigenvalue weighted by Crippen LogP contribution is -1.98. The molecule has 18 heavy (non-hydrogen) atoms. The minimum absolute atomic E-state index is 0.0396. The summed E-state index contributed by atoms with van der Waals surface area (Å²) in [6, 6.07) is 8.58. The first-order chi connectivity index (χ1) is 8.50. The van der Waals surface area contributed by atoms with Crippen LogP contribution in [0.1, 0.15) is 16.7 Å². The summed E-state index contributed by atoms with van der Waals surface area (Å²) in [5.41, 5.74) is 8.88. The molecule has 2 aromatic carbocycles. The number of ether oxygens (including phenoxy) is 1. The highest BCUT2D eigenvalue weighted by Crippen LogP contribution is 2.34. The third kappa shape index (κ3) is 2.16. The Hall–Kier alpha value is -2.03. The average Bonchev–Trinajstić information content (AvgIpc) is 2.35. The Morgan fingerprint density at radius 3 is 2.39 bits per heavy atom. The molecule has 0 aliphatic heterocycles. The number of benzene rings is 2. The van der Waals surface area contributed by atoms with Crippen LogP contribution in [-0.4, -0.2) is 0 Å². The number of nitrogen functional groups attached to an aromatic ring is 1. The van der Waals surface area contributed by atoms with Crippen molar-refractivity contribution >= 4 is 5.69 Å². The molecule has 2 nitrogen and oxygen atoms in total. The zero-order valence-corrected chi connectivity index (χ0v) is 10.8. The Morgan fingerprint density at radius 2 is 1.67 bits per heavy atom. The normalized spacial score (nSPS) is 10.4. The van der Waals surface area contributed by atoms with Gasteiger partial charge in [-0.25, -0.2) is 4.39 Å². The summed E-state index contributed by atoms with van der Waals surface area (Å²) in [4.78, 5) is 0. The van der Waals surface area contributed by atoms with Crippen LogP contribution in [0.25, 0.3) is 0 Å². The molecule has 0 heterocycles. The first-order valence-electron chi connectivity index (χ1n) is 5.79. The number of rotatable bonds is 2. The molecule has 0 bridgehead atoms. The van der Waals surface area contributed by atoms with Crippen LogP contribution >= 0.6 is 0 Å². The second-order valence-corrected chi connectivity index (χ2v) is 4.41. The maximum atomic E-state index is 13.4. The first kappa shape index (κ1) is 12.4. The van der Waals surface area contributed by atoms with Crippen molar-refractivity contribution < 1.29 is 9.13 Å². The molecular weight excluding hydrogens is 229 g/mol. The van der Waals surface area contributed by atoms with Gasteiger partial charge in [0.05, 0.1) is 0 Å². The molecule has 0 amide bonds. The molecule has 0 radical (unpaired) electrons. The molecule has 0 fully saturated rings. The zero-order valence-electron chi connectivity index (χ0n) is 10.8. The lowest BCUT2D eigenvalue weighted by atomic mass is 10.1. The van der Waals surface area contributed by atoms with Gasteiger partial charge in [-0.1, -0.05) is 18.2 Å². The van der Waals surface area contributed by atoms with E-state index in [2.05, 4.69) is 0 Å². The fraction of sp³-hybridized carbons (Fsp3) is 0.200. The largest absolute Gasteiger partial charge is 0.455 e. The van der Waals surface area contributed by atoms with Crippen LogP contribution in [0, 0.1) is 26.6 Å². The van der Waals surface area contributed by atoms with E-state index in [1.807, 2.05) is 32.9 Å². The van der Waals surface area contributed by atoms with Gasteiger partial charge in [-0.15, -0.1) is 0 Å². The molecule has 0 saturated heterocycles.